The summed E-state index contributed by atoms with van der Waals surface area (Å²) in [6, 6.07) is 29.4. The molecule has 0 radical (unpaired) electrons. The molecule has 6 aromatic rings. The molecule has 3 aromatic carbocycles. The predicted molar refractivity (Wildman–Crippen MR) is 203 cm³/mol. The molecular formula is C45H46N3O+. The van der Waals surface area contributed by atoms with Gasteiger partial charge in [-0.25, -0.2) is 4.98 Å². The van der Waals surface area contributed by atoms with Crippen LogP contribution in [0.25, 0.3) is 50.3 Å². The highest BCUT2D eigenvalue weighted by atomic mass is 16.3. The fourth-order valence-electron chi connectivity index (χ4n) is 8.51. The van der Waals surface area contributed by atoms with E-state index in [1.165, 1.54) is 44.6 Å². The van der Waals surface area contributed by atoms with E-state index in [0.717, 1.165) is 58.3 Å². The zero-order valence-corrected chi connectivity index (χ0v) is 29.6. The van der Waals surface area contributed by atoms with Gasteiger partial charge in [-0.15, -0.1) is 0 Å². The zero-order valence-electron chi connectivity index (χ0n) is 29.6. The maximum absolute atomic E-state index is 6.85. The van der Waals surface area contributed by atoms with Crippen LogP contribution in [0.4, 0.5) is 0 Å². The SMILES string of the molecule is C=C1CC2c3ccccc3-c3ccc(C)c[n+]3C2CCc2ccc3c(oc4nc(-c5c(C(C)C)cccc5C(C)C)ccc43)c2/C(=C/C)N1. The third-order valence-corrected chi connectivity index (χ3v) is 10.9. The van der Waals surface area contributed by atoms with Crippen LogP contribution in [0.5, 0.6) is 0 Å². The van der Waals surface area contributed by atoms with Crippen LogP contribution in [0.2, 0.25) is 0 Å². The second kappa shape index (κ2) is 12.2. The molecule has 0 fully saturated rings. The maximum atomic E-state index is 6.85. The monoisotopic (exact) mass is 644 g/mol. The van der Waals surface area contributed by atoms with E-state index in [-0.39, 0.29) is 0 Å². The molecule has 49 heavy (non-hydrogen) atoms. The fourth-order valence-corrected chi connectivity index (χ4v) is 8.51. The number of benzene rings is 3. The molecule has 0 aliphatic carbocycles. The van der Waals surface area contributed by atoms with E-state index in [1.54, 1.807) is 0 Å². The van der Waals surface area contributed by atoms with Crippen LogP contribution in [0.1, 0.15) is 105 Å². The van der Waals surface area contributed by atoms with Crippen LogP contribution in [-0.4, -0.2) is 4.98 Å². The Kier molecular flexibility index (Phi) is 7.78. The largest absolute Gasteiger partial charge is 0.437 e. The number of aromatic nitrogens is 2. The van der Waals surface area contributed by atoms with Crippen molar-refractivity contribution in [1.82, 2.24) is 10.3 Å². The van der Waals surface area contributed by atoms with Crippen LogP contribution >= 0.6 is 0 Å². The quantitative estimate of drug-likeness (QED) is 0.195. The minimum absolute atomic E-state index is 0.301. The van der Waals surface area contributed by atoms with Crippen molar-refractivity contribution in [3.63, 3.8) is 0 Å². The third kappa shape index (κ3) is 5.20. The van der Waals surface area contributed by atoms with Crippen LogP contribution in [0.15, 0.2) is 108 Å². The third-order valence-electron chi connectivity index (χ3n) is 10.9. The molecule has 4 heteroatoms. The number of aryl methyl sites for hydroxylation is 2. The number of hydrogen-bond acceptors (Lipinski definition) is 3. The van der Waals surface area contributed by atoms with E-state index in [1.807, 2.05) is 0 Å². The maximum Gasteiger partial charge on any atom is 0.227 e. The Morgan fingerprint density at radius 1 is 0.878 bits per heavy atom. The number of pyridine rings is 2. The minimum atomic E-state index is 0.301. The number of furan rings is 1. The molecule has 246 valence electrons. The first-order chi connectivity index (χ1) is 23.7. The predicted octanol–water partition coefficient (Wildman–Crippen LogP) is 11.3. The minimum Gasteiger partial charge on any atom is -0.437 e. The highest BCUT2D eigenvalue weighted by Crippen LogP contribution is 2.45. The highest BCUT2D eigenvalue weighted by Gasteiger charge is 2.40. The lowest BCUT2D eigenvalue weighted by Crippen LogP contribution is -2.48. The lowest BCUT2D eigenvalue weighted by Gasteiger charge is -2.33. The van der Waals surface area contributed by atoms with E-state index in [4.69, 9.17) is 9.40 Å². The molecule has 5 heterocycles. The van der Waals surface area contributed by atoms with Gasteiger partial charge in [-0.05, 0) is 78.6 Å². The average molecular weight is 645 g/mol. The van der Waals surface area contributed by atoms with Gasteiger partial charge in [-0.1, -0.05) is 88.9 Å². The molecule has 0 saturated carbocycles. The first-order valence-corrected chi connectivity index (χ1v) is 17.9. The molecule has 0 saturated heterocycles. The summed E-state index contributed by atoms with van der Waals surface area (Å²) in [6.45, 7) is 17.9. The molecule has 2 unspecified atom stereocenters. The van der Waals surface area contributed by atoms with Gasteiger partial charge < -0.3 is 9.73 Å². The number of rotatable bonds is 3. The first kappa shape index (κ1) is 31.3. The van der Waals surface area contributed by atoms with Crippen molar-refractivity contribution in [3.05, 3.63) is 137 Å². The summed E-state index contributed by atoms with van der Waals surface area (Å²) >= 11 is 0. The normalized spacial score (nSPS) is 18.4. The topological polar surface area (TPSA) is 41.9 Å². The Morgan fingerprint density at radius 2 is 1.63 bits per heavy atom. The molecule has 8 rings (SSSR count). The van der Waals surface area contributed by atoms with Crippen LogP contribution < -0.4 is 9.88 Å². The van der Waals surface area contributed by atoms with Crippen LogP contribution in [0.3, 0.4) is 0 Å². The number of nitrogens with one attached hydrogen (secondary N) is 1. The van der Waals surface area contributed by atoms with Gasteiger partial charge in [0.05, 0.1) is 11.6 Å². The van der Waals surface area contributed by atoms with Crippen LogP contribution in [-0.2, 0) is 6.42 Å². The van der Waals surface area contributed by atoms with Crippen molar-refractivity contribution < 1.29 is 8.98 Å². The Hall–Kier alpha value is -4.96. The summed E-state index contributed by atoms with van der Waals surface area (Å²) in [6.07, 6.45) is 7.30. The van der Waals surface area contributed by atoms with Gasteiger partial charge in [0.25, 0.3) is 0 Å². The summed E-state index contributed by atoms with van der Waals surface area (Å²) in [5.41, 5.74) is 16.2. The van der Waals surface area contributed by atoms with Crippen molar-refractivity contribution in [2.75, 3.05) is 0 Å². The highest BCUT2D eigenvalue weighted by molar-refractivity contribution is 6.08. The molecule has 2 atom stereocenters. The van der Waals surface area contributed by atoms with Gasteiger partial charge in [0.15, 0.2) is 12.2 Å². The van der Waals surface area contributed by atoms with E-state index >= 15 is 0 Å². The summed E-state index contributed by atoms with van der Waals surface area (Å²) < 4.78 is 9.39. The lowest BCUT2D eigenvalue weighted by atomic mass is 9.77. The van der Waals surface area contributed by atoms with E-state index in [2.05, 4.69) is 149 Å². The van der Waals surface area contributed by atoms with E-state index < -0.39 is 0 Å². The number of fused-ring (bicyclic) bond motifs is 11. The van der Waals surface area contributed by atoms with Gasteiger partial charge in [-0.3, -0.25) is 0 Å². The Balaban J connectivity index is 1.28. The summed E-state index contributed by atoms with van der Waals surface area (Å²) in [5.74, 6) is 1.09. The molecule has 3 aromatic heterocycles. The Morgan fingerprint density at radius 3 is 2.39 bits per heavy atom. The standard InChI is InChI=1S/C45H46N3O/c1-8-38-42-30(18-23-41-37(24-29(7)46-38)33-12-9-10-13-34(33)40-22-16-28(6)25-48(40)41)17-19-35-36-20-21-39(47-45(36)49-44(35)42)43-31(26(2)3)14-11-15-32(43)27(4)5/h8-17,19-22,25-27,37,41,46H,7,18,23-24H2,1-6H3/q+1/b38-8-. The molecule has 1 N–H and O–H groups in total. The average Bonchev–Trinajstić information content (AvgIpc) is 3.47. The van der Waals surface area contributed by atoms with Gasteiger partial charge in [0.1, 0.15) is 5.58 Å². The second-order valence-electron chi connectivity index (χ2n) is 14.7. The van der Waals surface area contributed by atoms with Gasteiger partial charge in [0.2, 0.25) is 11.4 Å². The van der Waals surface area contributed by atoms with Crippen molar-refractivity contribution in [1.29, 1.82) is 0 Å². The van der Waals surface area contributed by atoms with Gasteiger partial charge >= 0.3 is 0 Å². The Bertz CT molecular complexity index is 2280. The number of nitrogens with zero attached hydrogens (tertiary/aromatic N) is 2. The molecule has 2 aliphatic heterocycles. The molecule has 4 nitrogen and oxygen atoms in total. The fraction of sp³-hybridized carbons (Fsp3) is 0.289. The van der Waals surface area contributed by atoms with Crippen molar-refractivity contribution in [2.45, 2.75) is 84.6 Å². The van der Waals surface area contributed by atoms with Gasteiger partial charge in [0, 0.05) is 63.3 Å². The first-order valence-electron chi connectivity index (χ1n) is 17.9. The molecule has 0 amide bonds. The van der Waals surface area contributed by atoms with Crippen molar-refractivity contribution in [2.24, 2.45) is 0 Å². The lowest BCUT2D eigenvalue weighted by molar-refractivity contribution is -0.719. The molecular weight excluding hydrogens is 599 g/mol. The van der Waals surface area contributed by atoms with Crippen molar-refractivity contribution in [3.8, 4) is 22.5 Å². The number of allylic oxidation sites excluding steroid dienone is 2. The van der Waals surface area contributed by atoms with E-state index in [9.17, 15) is 0 Å². The molecule has 2 aliphatic rings. The van der Waals surface area contributed by atoms with E-state index in [0.29, 0.717) is 29.5 Å². The van der Waals surface area contributed by atoms with Gasteiger partial charge in [-0.2, -0.15) is 4.57 Å². The zero-order chi connectivity index (χ0) is 34.0. The molecule has 0 bridgehead atoms. The summed E-state index contributed by atoms with van der Waals surface area (Å²) in [7, 11) is 0. The Labute approximate surface area is 290 Å². The second-order valence-corrected chi connectivity index (χ2v) is 14.7. The smallest absolute Gasteiger partial charge is 0.227 e. The van der Waals surface area contributed by atoms with Crippen molar-refractivity contribution >= 4 is 27.8 Å². The number of hydrogen-bond donors (Lipinski definition) is 1. The molecule has 0 spiro atoms. The summed E-state index contributed by atoms with van der Waals surface area (Å²) in [5, 5.41) is 5.92. The summed E-state index contributed by atoms with van der Waals surface area (Å²) in [4.78, 5) is 5.24. The van der Waals surface area contributed by atoms with Crippen LogP contribution in [0, 0.1) is 6.92 Å².